The van der Waals surface area contributed by atoms with Crippen LogP contribution in [0.25, 0.3) is 22.6 Å². The minimum atomic E-state index is -0.674. The van der Waals surface area contributed by atoms with Crippen LogP contribution in [-0.4, -0.2) is 42.2 Å². The van der Waals surface area contributed by atoms with Gasteiger partial charge in [0.2, 0.25) is 0 Å². The number of aromatic nitrogens is 2. The molecule has 3 aromatic heterocycles. The van der Waals surface area contributed by atoms with Crippen LogP contribution in [0.3, 0.4) is 0 Å². The first-order valence-electron chi connectivity index (χ1n) is 9.35. The van der Waals surface area contributed by atoms with E-state index < -0.39 is 17.8 Å². The number of nitrogens with one attached hydrogen (secondary N) is 1. The second-order valence-corrected chi connectivity index (χ2v) is 6.72. The van der Waals surface area contributed by atoms with Gasteiger partial charge in [0, 0.05) is 5.69 Å². The lowest BCUT2D eigenvalue weighted by atomic mass is 10.1. The van der Waals surface area contributed by atoms with E-state index in [-0.39, 0.29) is 28.1 Å². The van der Waals surface area contributed by atoms with Crippen LogP contribution < -0.4 is 5.32 Å². The van der Waals surface area contributed by atoms with Gasteiger partial charge in [-0.15, -0.1) is 0 Å². The average molecular weight is 435 g/mol. The molecule has 0 atom stereocenters. The molecule has 0 unspecified atom stereocenters. The lowest BCUT2D eigenvalue weighted by Crippen LogP contribution is -2.15. The molecule has 0 spiro atoms. The number of rotatable bonds is 5. The topological polar surface area (TPSA) is 134 Å². The van der Waals surface area contributed by atoms with Gasteiger partial charge in [0.15, 0.2) is 5.76 Å². The molecule has 0 aliphatic rings. The van der Waals surface area contributed by atoms with Gasteiger partial charge in [0.1, 0.15) is 5.69 Å². The maximum Gasteiger partial charge on any atom is 0.337 e. The van der Waals surface area contributed by atoms with Crippen LogP contribution in [0.1, 0.15) is 36.8 Å². The number of benzene rings is 1. The van der Waals surface area contributed by atoms with Gasteiger partial charge in [0.25, 0.3) is 11.6 Å². The van der Waals surface area contributed by atoms with Crippen molar-refractivity contribution in [3.63, 3.8) is 0 Å². The Morgan fingerprint density at radius 3 is 2.28 bits per heavy atom. The predicted molar refractivity (Wildman–Crippen MR) is 111 cm³/mol. The highest BCUT2D eigenvalue weighted by atomic mass is 16.5. The van der Waals surface area contributed by atoms with E-state index in [2.05, 4.69) is 15.5 Å². The predicted octanol–water partition coefficient (Wildman–Crippen LogP) is 3.62. The minimum absolute atomic E-state index is 0.0722. The summed E-state index contributed by atoms with van der Waals surface area (Å²) in [6.45, 7) is 1.68. The average Bonchev–Trinajstić information content (AvgIpc) is 3.47. The second kappa shape index (κ2) is 8.34. The summed E-state index contributed by atoms with van der Waals surface area (Å²) >= 11 is 0. The molecular weight excluding hydrogens is 418 g/mol. The zero-order chi connectivity index (χ0) is 22.8. The van der Waals surface area contributed by atoms with Crippen LogP contribution in [0.5, 0.6) is 0 Å². The molecule has 0 radical (unpaired) electrons. The molecule has 10 nitrogen and oxygen atoms in total. The Morgan fingerprint density at radius 2 is 1.69 bits per heavy atom. The Morgan fingerprint density at radius 1 is 1.00 bits per heavy atom. The minimum Gasteiger partial charge on any atom is -0.465 e. The van der Waals surface area contributed by atoms with Crippen molar-refractivity contribution in [2.45, 2.75) is 6.92 Å². The normalized spacial score (nSPS) is 10.7. The third-order valence-electron chi connectivity index (χ3n) is 4.67. The summed E-state index contributed by atoms with van der Waals surface area (Å²) in [7, 11) is 2.42. The molecule has 0 bridgehead atoms. The molecule has 4 aromatic rings. The number of carbonyl (C=O) groups is 3. The number of furan rings is 1. The fraction of sp³-hybridized carbons (Fsp3) is 0.136. The van der Waals surface area contributed by atoms with Crippen LogP contribution in [0.2, 0.25) is 0 Å². The van der Waals surface area contributed by atoms with Gasteiger partial charge in [-0.1, -0.05) is 5.16 Å². The van der Waals surface area contributed by atoms with Crippen molar-refractivity contribution in [3.05, 3.63) is 65.0 Å². The van der Waals surface area contributed by atoms with Crippen LogP contribution in [0, 0.1) is 6.92 Å². The summed E-state index contributed by atoms with van der Waals surface area (Å²) in [6.07, 6.45) is 1.49. The summed E-state index contributed by atoms with van der Waals surface area (Å²) < 4.78 is 20.1. The van der Waals surface area contributed by atoms with E-state index in [4.69, 9.17) is 18.4 Å². The molecule has 0 saturated carbocycles. The number of hydrogen-bond acceptors (Lipinski definition) is 9. The molecule has 32 heavy (non-hydrogen) atoms. The molecule has 162 valence electrons. The van der Waals surface area contributed by atoms with Gasteiger partial charge >= 0.3 is 11.9 Å². The van der Waals surface area contributed by atoms with Crippen LogP contribution in [0.15, 0.2) is 51.6 Å². The molecule has 1 N–H and O–H groups in total. The lowest BCUT2D eigenvalue weighted by Gasteiger charge is -2.10. The fourth-order valence-corrected chi connectivity index (χ4v) is 3.19. The number of anilines is 1. The number of amides is 1. The number of pyridine rings is 1. The van der Waals surface area contributed by atoms with E-state index in [9.17, 15) is 14.4 Å². The Labute approximate surface area is 181 Å². The van der Waals surface area contributed by atoms with Crippen molar-refractivity contribution in [2.24, 2.45) is 0 Å². The van der Waals surface area contributed by atoms with Crippen molar-refractivity contribution >= 4 is 34.6 Å². The molecule has 0 aliphatic heterocycles. The standard InChI is InChI=1S/C22H17N3O7/c1-11-18-15(10-16(17-5-4-6-31-17)24-20(18)32-25-11)19(26)23-14-8-12(21(27)29-2)7-13(9-14)22(28)30-3/h4-10H,1-3H3,(H,23,26). The van der Waals surface area contributed by atoms with Gasteiger partial charge in [-0.05, 0) is 43.3 Å². The number of carbonyl (C=O) groups excluding carboxylic acids is 3. The maximum atomic E-state index is 13.2. The largest absolute Gasteiger partial charge is 0.465 e. The van der Waals surface area contributed by atoms with E-state index in [0.29, 0.717) is 22.5 Å². The van der Waals surface area contributed by atoms with Crippen LogP contribution in [0.4, 0.5) is 5.69 Å². The maximum absolute atomic E-state index is 13.2. The van der Waals surface area contributed by atoms with Gasteiger partial charge in [0.05, 0.1) is 48.3 Å². The van der Waals surface area contributed by atoms with Gasteiger partial charge in [-0.25, -0.2) is 14.6 Å². The van der Waals surface area contributed by atoms with Gasteiger partial charge in [-0.2, -0.15) is 0 Å². The Hall–Kier alpha value is -4.47. The van der Waals surface area contributed by atoms with E-state index in [1.807, 2.05) is 0 Å². The molecule has 0 fully saturated rings. The number of aryl methyl sites for hydroxylation is 1. The summed E-state index contributed by atoms with van der Waals surface area (Å²) in [5.41, 5.74) is 1.58. The van der Waals surface area contributed by atoms with Crippen molar-refractivity contribution < 1.29 is 32.8 Å². The molecule has 0 aliphatic carbocycles. The van der Waals surface area contributed by atoms with Gasteiger partial charge in [-0.3, -0.25) is 4.79 Å². The fourth-order valence-electron chi connectivity index (χ4n) is 3.19. The van der Waals surface area contributed by atoms with E-state index in [1.54, 1.807) is 25.1 Å². The summed E-state index contributed by atoms with van der Waals surface area (Å²) in [5, 5.41) is 7.02. The second-order valence-electron chi connectivity index (χ2n) is 6.72. The first-order chi connectivity index (χ1) is 15.4. The zero-order valence-corrected chi connectivity index (χ0v) is 17.3. The molecule has 10 heteroatoms. The molecule has 1 aromatic carbocycles. The van der Waals surface area contributed by atoms with Crippen molar-refractivity contribution in [3.8, 4) is 11.5 Å². The van der Waals surface area contributed by atoms with Gasteiger partial charge < -0.3 is 23.7 Å². The Kier molecular flexibility index (Phi) is 5.42. The van der Waals surface area contributed by atoms with E-state index in [1.165, 1.54) is 38.7 Å². The first-order valence-corrected chi connectivity index (χ1v) is 9.35. The number of methoxy groups -OCH3 is 2. The molecule has 1 amide bonds. The Balaban J connectivity index is 1.78. The Bertz CT molecular complexity index is 1310. The highest BCUT2D eigenvalue weighted by Gasteiger charge is 2.21. The number of hydrogen-bond donors (Lipinski definition) is 1. The van der Waals surface area contributed by atoms with Crippen molar-refractivity contribution in [2.75, 3.05) is 19.5 Å². The van der Waals surface area contributed by atoms with E-state index >= 15 is 0 Å². The van der Waals surface area contributed by atoms with Crippen LogP contribution >= 0.6 is 0 Å². The monoisotopic (exact) mass is 435 g/mol. The number of ether oxygens (including phenoxy) is 2. The summed E-state index contributed by atoms with van der Waals surface area (Å²) in [5.74, 6) is -1.44. The first kappa shape index (κ1) is 20.8. The van der Waals surface area contributed by atoms with Crippen molar-refractivity contribution in [1.29, 1.82) is 0 Å². The zero-order valence-electron chi connectivity index (χ0n) is 17.3. The van der Waals surface area contributed by atoms with E-state index in [0.717, 1.165) is 0 Å². The molecule has 3 heterocycles. The number of esters is 2. The molecule has 4 rings (SSSR count). The molecular formula is C22H17N3O7. The smallest absolute Gasteiger partial charge is 0.337 e. The summed E-state index contributed by atoms with van der Waals surface area (Å²) in [6, 6.07) is 9.04. The third kappa shape index (κ3) is 3.81. The quantitative estimate of drug-likeness (QED) is 0.466. The van der Waals surface area contributed by atoms with Crippen LogP contribution in [-0.2, 0) is 9.47 Å². The molecule has 0 saturated heterocycles. The summed E-state index contributed by atoms with van der Waals surface area (Å²) in [4.78, 5) is 41.6. The third-order valence-corrected chi connectivity index (χ3v) is 4.67. The lowest BCUT2D eigenvalue weighted by molar-refractivity contribution is 0.0599. The number of fused-ring (bicyclic) bond motifs is 1. The highest BCUT2D eigenvalue weighted by molar-refractivity contribution is 6.13. The number of nitrogens with zero attached hydrogens (tertiary/aromatic N) is 2. The highest BCUT2D eigenvalue weighted by Crippen LogP contribution is 2.28. The SMILES string of the molecule is COC(=O)c1cc(NC(=O)c2cc(-c3ccco3)nc3onc(C)c23)cc(C(=O)OC)c1. The van der Waals surface area contributed by atoms with Crippen molar-refractivity contribution in [1.82, 2.24) is 10.1 Å².